The Kier molecular flexibility index (Phi) is 6.07. The van der Waals surface area contributed by atoms with Crippen LogP contribution in [0.5, 0.6) is 0 Å². The Balaban J connectivity index is 1.66. The zero-order valence-electron chi connectivity index (χ0n) is 16.5. The third-order valence-electron chi connectivity index (χ3n) is 4.61. The number of furan rings is 1. The number of pyridine rings is 1. The van der Waals surface area contributed by atoms with Crippen LogP contribution in [0.3, 0.4) is 0 Å². The SMILES string of the molecule is O=C(c1ccc(S(=O)(=O)c2ccc(Cl)cc2)o1)N(Cc1ccc(F)cc1)c1ccccn1. The molecule has 0 saturated carbocycles. The first kappa shape index (κ1) is 21.7. The molecule has 0 radical (unpaired) electrons. The average molecular weight is 471 g/mol. The molecule has 0 aliphatic heterocycles. The minimum Gasteiger partial charge on any atom is -0.439 e. The second-order valence-corrected chi connectivity index (χ2v) is 9.10. The molecule has 2 aromatic carbocycles. The van der Waals surface area contributed by atoms with E-state index in [1.807, 2.05) is 0 Å². The van der Waals surface area contributed by atoms with Gasteiger partial charge < -0.3 is 4.42 Å². The van der Waals surface area contributed by atoms with E-state index in [-0.39, 0.29) is 22.3 Å². The van der Waals surface area contributed by atoms with Crippen LogP contribution in [-0.2, 0) is 16.4 Å². The number of halogens is 2. The summed E-state index contributed by atoms with van der Waals surface area (Å²) in [6, 6.07) is 18.9. The van der Waals surface area contributed by atoms with E-state index in [9.17, 15) is 17.6 Å². The van der Waals surface area contributed by atoms with E-state index >= 15 is 0 Å². The van der Waals surface area contributed by atoms with E-state index in [4.69, 9.17) is 16.0 Å². The monoisotopic (exact) mass is 470 g/mol. The number of hydrogen-bond acceptors (Lipinski definition) is 5. The molecule has 2 heterocycles. The first-order valence-corrected chi connectivity index (χ1v) is 11.3. The highest BCUT2D eigenvalue weighted by Gasteiger charge is 2.27. The Bertz CT molecular complexity index is 1340. The van der Waals surface area contributed by atoms with E-state index < -0.39 is 21.6 Å². The normalized spacial score (nSPS) is 11.3. The molecule has 2 aromatic heterocycles. The molecule has 0 atom stereocenters. The van der Waals surface area contributed by atoms with Crippen molar-refractivity contribution in [2.24, 2.45) is 0 Å². The van der Waals surface area contributed by atoms with Crippen LogP contribution >= 0.6 is 11.6 Å². The van der Waals surface area contributed by atoms with Gasteiger partial charge in [-0.25, -0.2) is 17.8 Å². The number of benzene rings is 2. The highest BCUT2D eigenvalue weighted by atomic mass is 35.5. The van der Waals surface area contributed by atoms with Gasteiger partial charge in [0, 0.05) is 11.2 Å². The lowest BCUT2D eigenvalue weighted by atomic mass is 10.2. The van der Waals surface area contributed by atoms with Gasteiger partial charge in [0.15, 0.2) is 5.76 Å². The summed E-state index contributed by atoms with van der Waals surface area (Å²) in [5.41, 5.74) is 0.658. The van der Waals surface area contributed by atoms with Crippen LogP contribution in [0, 0.1) is 5.82 Å². The van der Waals surface area contributed by atoms with Gasteiger partial charge in [0.1, 0.15) is 11.6 Å². The smallest absolute Gasteiger partial charge is 0.295 e. The number of amides is 1. The molecule has 0 unspecified atom stereocenters. The summed E-state index contributed by atoms with van der Waals surface area (Å²) >= 11 is 5.83. The maximum atomic E-state index is 13.3. The van der Waals surface area contributed by atoms with Crippen molar-refractivity contribution < 1.29 is 22.0 Å². The number of aromatic nitrogens is 1. The third-order valence-corrected chi connectivity index (χ3v) is 6.50. The van der Waals surface area contributed by atoms with Crippen LogP contribution in [0.15, 0.2) is 99.5 Å². The molecule has 0 fully saturated rings. The number of carbonyl (C=O) groups is 1. The highest BCUT2D eigenvalue weighted by Crippen LogP contribution is 2.26. The molecule has 6 nitrogen and oxygen atoms in total. The van der Waals surface area contributed by atoms with Gasteiger partial charge in [-0.3, -0.25) is 9.69 Å². The quantitative estimate of drug-likeness (QED) is 0.389. The summed E-state index contributed by atoms with van der Waals surface area (Å²) in [5, 5.41) is 0.0250. The summed E-state index contributed by atoms with van der Waals surface area (Å²) in [4.78, 5) is 18.8. The van der Waals surface area contributed by atoms with E-state index in [1.165, 1.54) is 59.6 Å². The van der Waals surface area contributed by atoms with Gasteiger partial charge in [-0.1, -0.05) is 29.8 Å². The molecule has 4 rings (SSSR count). The van der Waals surface area contributed by atoms with E-state index in [0.29, 0.717) is 16.4 Å². The first-order valence-electron chi connectivity index (χ1n) is 9.42. The standard InChI is InChI=1S/C23H16ClFN2O4S/c24-17-6-10-19(11-7-17)32(29,30)22-13-12-20(31-22)23(28)27(21-3-1-2-14-26-21)15-16-4-8-18(25)9-5-16/h1-14H,15H2. The van der Waals surface area contributed by atoms with Crippen LogP contribution in [-0.4, -0.2) is 19.3 Å². The molecule has 0 aliphatic rings. The fraction of sp³-hybridized carbons (Fsp3) is 0.0435. The minimum absolute atomic E-state index is 0.0110. The molecule has 0 N–H and O–H groups in total. The number of nitrogens with zero attached hydrogens (tertiary/aromatic N) is 2. The Morgan fingerprint density at radius 1 is 0.969 bits per heavy atom. The fourth-order valence-electron chi connectivity index (χ4n) is 2.99. The Hall–Kier alpha value is -3.49. The van der Waals surface area contributed by atoms with E-state index in [0.717, 1.165) is 0 Å². The lowest BCUT2D eigenvalue weighted by Crippen LogP contribution is -2.30. The van der Waals surface area contributed by atoms with Crippen molar-refractivity contribution >= 4 is 33.2 Å². The molecular formula is C23H16ClFN2O4S. The Morgan fingerprint density at radius 3 is 2.34 bits per heavy atom. The van der Waals surface area contributed by atoms with Crippen molar-refractivity contribution in [3.63, 3.8) is 0 Å². The highest BCUT2D eigenvalue weighted by molar-refractivity contribution is 7.91. The second kappa shape index (κ2) is 8.94. The molecule has 0 spiro atoms. The molecule has 0 bridgehead atoms. The number of sulfone groups is 1. The van der Waals surface area contributed by atoms with Crippen LogP contribution in [0.2, 0.25) is 5.02 Å². The third kappa shape index (κ3) is 4.56. The summed E-state index contributed by atoms with van der Waals surface area (Å²) in [5.74, 6) is -0.830. The zero-order valence-corrected chi connectivity index (χ0v) is 18.1. The second-order valence-electron chi connectivity index (χ2n) is 6.78. The number of carbonyl (C=O) groups excluding carboxylic acids is 1. The lowest BCUT2D eigenvalue weighted by Gasteiger charge is -2.20. The molecule has 9 heteroatoms. The molecule has 32 heavy (non-hydrogen) atoms. The van der Waals surface area contributed by atoms with Crippen LogP contribution < -0.4 is 4.90 Å². The fourth-order valence-corrected chi connectivity index (χ4v) is 4.28. The Labute approximate surface area is 188 Å². The van der Waals surface area contributed by atoms with Crippen molar-refractivity contribution in [3.05, 3.63) is 107 Å². The van der Waals surface area contributed by atoms with E-state index in [1.54, 1.807) is 30.3 Å². The van der Waals surface area contributed by atoms with Gasteiger partial charge in [0.25, 0.3) is 5.91 Å². The van der Waals surface area contributed by atoms with E-state index in [2.05, 4.69) is 4.98 Å². The van der Waals surface area contributed by atoms with Gasteiger partial charge in [0.05, 0.1) is 11.4 Å². The molecule has 4 aromatic rings. The van der Waals surface area contributed by atoms with Crippen molar-refractivity contribution in [2.45, 2.75) is 16.5 Å². The predicted molar refractivity (Wildman–Crippen MR) is 117 cm³/mol. The zero-order chi connectivity index (χ0) is 22.7. The molecule has 0 aliphatic carbocycles. The van der Waals surface area contributed by atoms with Gasteiger partial charge in [-0.2, -0.15) is 0 Å². The molecular weight excluding hydrogens is 455 g/mol. The first-order chi connectivity index (χ1) is 15.3. The summed E-state index contributed by atoms with van der Waals surface area (Å²) in [6.07, 6.45) is 1.53. The van der Waals surface area contributed by atoms with Crippen molar-refractivity contribution in [1.29, 1.82) is 0 Å². The minimum atomic E-state index is -3.98. The summed E-state index contributed by atoms with van der Waals surface area (Å²) in [7, 11) is -3.98. The summed E-state index contributed by atoms with van der Waals surface area (Å²) < 4.78 is 44.4. The van der Waals surface area contributed by atoms with Crippen molar-refractivity contribution in [2.75, 3.05) is 4.90 Å². The van der Waals surface area contributed by atoms with Gasteiger partial charge in [-0.05, 0) is 66.2 Å². The Morgan fingerprint density at radius 2 is 1.69 bits per heavy atom. The van der Waals surface area contributed by atoms with Crippen LogP contribution in [0.4, 0.5) is 10.2 Å². The van der Waals surface area contributed by atoms with Crippen LogP contribution in [0.1, 0.15) is 16.1 Å². The van der Waals surface area contributed by atoms with Crippen molar-refractivity contribution in [1.82, 2.24) is 4.98 Å². The summed E-state index contributed by atoms with van der Waals surface area (Å²) in [6.45, 7) is 0.0795. The molecule has 0 saturated heterocycles. The maximum Gasteiger partial charge on any atom is 0.295 e. The van der Waals surface area contributed by atoms with Crippen LogP contribution in [0.25, 0.3) is 0 Å². The van der Waals surface area contributed by atoms with Gasteiger partial charge >= 0.3 is 0 Å². The number of rotatable bonds is 6. The number of anilines is 1. The molecule has 1 amide bonds. The number of hydrogen-bond donors (Lipinski definition) is 0. The lowest BCUT2D eigenvalue weighted by molar-refractivity contribution is 0.0952. The van der Waals surface area contributed by atoms with Crippen molar-refractivity contribution in [3.8, 4) is 0 Å². The predicted octanol–water partition coefficient (Wildman–Crippen LogP) is 5.15. The largest absolute Gasteiger partial charge is 0.439 e. The molecule has 162 valence electrons. The topological polar surface area (TPSA) is 80.5 Å². The maximum absolute atomic E-state index is 13.3. The van der Waals surface area contributed by atoms with Gasteiger partial charge in [-0.15, -0.1) is 0 Å². The van der Waals surface area contributed by atoms with Gasteiger partial charge in [0.2, 0.25) is 14.9 Å². The average Bonchev–Trinajstić information content (AvgIpc) is 3.30.